The van der Waals surface area contributed by atoms with Gasteiger partial charge >= 0.3 is 0 Å². The number of aromatic nitrogens is 3. The Kier molecular flexibility index (Phi) is 3.02. The van der Waals surface area contributed by atoms with Gasteiger partial charge in [-0.1, -0.05) is 0 Å². The molecule has 0 aliphatic heterocycles. The number of hydrogen-bond acceptors (Lipinski definition) is 1. The molecule has 2 heterocycles. The van der Waals surface area contributed by atoms with Gasteiger partial charge in [-0.05, 0) is 13.8 Å². The van der Waals surface area contributed by atoms with E-state index in [2.05, 4.69) is 23.5 Å². The molecule has 2 rings (SSSR count). The maximum absolute atomic E-state index is 5.75. The Morgan fingerprint density at radius 3 is 2.50 bits per heavy atom. The minimum Gasteiger partial charge on any atom is -1.00 e. The molecule has 0 saturated carbocycles. The summed E-state index contributed by atoms with van der Waals surface area (Å²) in [7, 11) is 2.04. The molecule has 5 heteroatoms. The maximum atomic E-state index is 5.75. The summed E-state index contributed by atoms with van der Waals surface area (Å²) in [5, 5.41) is 6.31. The zero-order valence-electron chi connectivity index (χ0n) is 8.25. The molecule has 2 aromatic rings. The molecule has 0 fully saturated rings. The molecular weight excluding hydrogens is 221 g/mol. The molecule has 2 aromatic heterocycles. The molecule has 76 valence electrons. The number of nitrogens with zero attached hydrogens (tertiary/aromatic N) is 3. The smallest absolute Gasteiger partial charge is 0.298 e. The molecule has 14 heavy (non-hydrogen) atoms. The summed E-state index contributed by atoms with van der Waals surface area (Å²) < 4.78 is 3.46. The summed E-state index contributed by atoms with van der Waals surface area (Å²) in [5.74, 6) is 0. The fourth-order valence-corrected chi connectivity index (χ4v) is 1.72. The number of halogens is 2. The van der Waals surface area contributed by atoms with Crippen molar-refractivity contribution in [3.63, 3.8) is 0 Å². The van der Waals surface area contributed by atoms with Crippen LogP contribution in [-0.2, 0) is 7.05 Å². The van der Waals surface area contributed by atoms with Crippen LogP contribution in [0.2, 0.25) is 0 Å². The normalized spacial score (nSPS) is 10.3. The lowest BCUT2D eigenvalue weighted by Gasteiger charge is -1.96. The van der Waals surface area contributed by atoms with Crippen molar-refractivity contribution in [3.05, 3.63) is 23.8 Å². The molecule has 0 radical (unpaired) electrons. The fraction of sp³-hybridized carbons (Fsp3) is 0.333. The molecule has 0 aliphatic carbocycles. The van der Waals surface area contributed by atoms with Crippen LogP contribution in [0.25, 0.3) is 10.8 Å². The zero-order chi connectivity index (χ0) is 9.59. The standard InChI is InChI=1S/C9H11ClN3.ClH/c1-6-8-4-11-13(10)5-9(8)7(2)12(6)3;/h4-5H,1-3H3;1H/q+1;/p-1. The highest BCUT2D eigenvalue weighted by Crippen LogP contribution is 2.21. The lowest BCUT2D eigenvalue weighted by molar-refractivity contribution is -0.587. The highest BCUT2D eigenvalue weighted by atomic mass is 35.5. The molecule has 0 N–H and O–H groups in total. The number of hydrogen-bond donors (Lipinski definition) is 0. The quantitative estimate of drug-likeness (QED) is 0.541. The van der Waals surface area contributed by atoms with Crippen molar-refractivity contribution in [2.45, 2.75) is 13.8 Å². The third-order valence-electron chi connectivity index (χ3n) is 2.61. The van der Waals surface area contributed by atoms with Gasteiger partial charge in [-0.25, -0.2) is 0 Å². The summed E-state index contributed by atoms with van der Waals surface area (Å²) in [6.07, 6.45) is 3.63. The first-order valence-electron chi connectivity index (χ1n) is 4.11. The minimum absolute atomic E-state index is 0. The average Bonchev–Trinajstić information content (AvgIpc) is 2.32. The van der Waals surface area contributed by atoms with Crippen LogP contribution in [0.1, 0.15) is 11.4 Å². The second-order valence-electron chi connectivity index (χ2n) is 3.22. The largest absolute Gasteiger partial charge is 1.00 e. The fourth-order valence-electron chi connectivity index (χ4n) is 1.58. The number of fused-ring (bicyclic) bond motifs is 1. The SMILES string of the molecule is Cc1c2cn[n+](Cl)cc2c(C)n1C.[Cl-]. The van der Waals surface area contributed by atoms with Crippen LogP contribution in [0.15, 0.2) is 12.4 Å². The molecular formula is C9H11Cl2N3. The van der Waals surface area contributed by atoms with E-state index in [0.717, 1.165) is 10.8 Å². The van der Waals surface area contributed by atoms with Crippen LogP contribution in [0, 0.1) is 13.8 Å². The molecule has 0 unspecified atom stereocenters. The third-order valence-corrected chi connectivity index (χ3v) is 2.79. The van der Waals surface area contributed by atoms with Gasteiger partial charge in [0, 0.05) is 33.1 Å². The Balaban J connectivity index is 0.000000980. The van der Waals surface area contributed by atoms with Crippen LogP contribution < -0.4 is 16.6 Å². The molecule has 0 amide bonds. The predicted molar refractivity (Wildman–Crippen MR) is 51.6 cm³/mol. The summed E-state index contributed by atoms with van der Waals surface area (Å²) in [6.45, 7) is 4.15. The van der Waals surface area contributed by atoms with Gasteiger partial charge in [0.1, 0.15) is 6.20 Å². The summed E-state index contributed by atoms with van der Waals surface area (Å²) >= 11 is 5.75. The van der Waals surface area contributed by atoms with Crippen LogP contribution in [0.4, 0.5) is 0 Å². The third kappa shape index (κ3) is 1.47. The van der Waals surface area contributed by atoms with E-state index in [9.17, 15) is 0 Å². The Morgan fingerprint density at radius 2 is 1.86 bits per heavy atom. The Bertz CT molecular complexity index is 476. The molecule has 0 spiro atoms. The molecule has 0 aliphatic rings. The van der Waals surface area contributed by atoms with E-state index in [1.54, 1.807) is 6.20 Å². The van der Waals surface area contributed by atoms with Crippen LogP contribution in [0.5, 0.6) is 0 Å². The van der Waals surface area contributed by atoms with Gasteiger partial charge in [0.15, 0.2) is 0 Å². The maximum Gasteiger partial charge on any atom is 0.298 e. The van der Waals surface area contributed by atoms with Crippen molar-refractivity contribution in [1.29, 1.82) is 0 Å². The topological polar surface area (TPSA) is 21.7 Å². The van der Waals surface area contributed by atoms with Gasteiger partial charge in [0.25, 0.3) is 11.8 Å². The molecule has 0 saturated heterocycles. The van der Waals surface area contributed by atoms with Crippen molar-refractivity contribution in [2.75, 3.05) is 0 Å². The minimum atomic E-state index is 0. The van der Waals surface area contributed by atoms with Crippen LogP contribution >= 0.6 is 11.8 Å². The van der Waals surface area contributed by atoms with E-state index in [-0.39, 0.29) is 12.4 Å². The lowest BCUT2D eigenvalue weighted by Crippen LogP contribution is -3.00. The van der Waals surface area contributed by atoms with Crippen molar-refractivity contribution < 1.29 is 16.6 Å². The van der Waals surface area contributed by atoms with Crippen LogP contribution in [-0.4, -0.2) is 9.67 Å². The van der Waals surface area contributed by atoms with Crippen molar-refractivity contribution in [1.82, 2.24) is 9.67 Å². The Labute approximate surface area is 93.8 Å². The van der Waals surface area contributed by atoms with Crippen molar-refractivity contribution in [2.24, 2.45) is 7.05 Å². The van der Waals surface area contributed by atoms with Crippen LogP contribution in [0.3, 0.4) is 0 Å². The monoisotopic (exact) mass is 231 g/mol. The van der Waals surface area contributed by atoms with E-state index in [1.165, 1.54) is 15.6 Å². The highest BCUT2D eigenvalue weighted by Gasteiger charge is 2.12. The summed E-state index contributed by atoms with van der Waals surface area (Å²) in [6, 6.07) is 0. The first-order chi connectivity index (χ1) is 6.11. The Morgan fingerprint density at radius 1 is 1.29 bits per heavy atom. The van der Waals surface area contributed by atoms with E-state index >= 15 is 0 Å². The van der Waals surface area contributed by atoms with E-state index in [0.29, 0.717) is 0 Å². The lowest BCUT2D eigenvalue weighted by atomic mass is 10.2. The van der Waals surface area contributed by atoms with Gasteiger partial charge in [-0.2, -0.15) is 0 Å². The summed E-state index contributed by atoms with van der Waals surface area (Å²) in [5.41, 5.74) is 2.43. The molecule has 3 nitrogen and oxygen atoms in total. The number of aryl methyl sites for hydroxylation is 2. The first kappa shape index (κ1) is 11.3. The zero-order valence-corrected chi connectivity index (χ0v) is 9.76. The molecule has 0 atom stereocenters. The second-order valence-corrected chi connectivity index (χ2v) is 3.57. The number of rotatable bonds is 0. The van der Waals surface area contributed by atoms with Gasteiger partial charge in [0.05, 0.1) is 5.39 Å². The first-order valence-corrected chi connectivity index (χ1v) is 4.45. The molecule has 0 aromatic carbocycles. The van der Waals surface area contributed by atoms with Crippen molar-refractivity contribution >= 4 is 22.5 Å². The van der Waals surface area contributed by atoms with Gasteiger partial charge in [-0.15, -0.1) is 0 Å². The van der Waals surface area contributed by atoms with Gasteiger partial charge < -0.3 is 17.0 Å². The predicted octanol–water partition coefficient (Wildman–Crippen LogP) is -1.52. The van der Waals surface area contributed by atoms with E-state index in [4.69, 9.17) is 11.8 Å². The van der Waals surface area contributed by atoms with Gasteiger partial charge in [0.2, 0.25) is 6.20 Å². The second kappa shape index (κ2) is 3.75. The average molecular weight is 232 g/mol. The van der Waals surface area contributed by atoms with Crippen molar-refractivity contribution in [3.8, 4) is 0 Å². The van der Waals surface area contributed by atoms with Gasteiger partial charge in [-0.3, -0.25) is 0 Å². The Hall–Kier alpha value is -0.800. The summed E-state index contributed by atoms with van der Waals surface area (Å²) in [4.78, 5) is 0. The highest BCUT2D eigenvalue weighted by molar-refractivity contribution is 6.04. The van der Waals surface area contributed by atoms with E-state index in [1.807, 2.05) is 13.2 Å². The van der Waals surface area contributed by atoms with E-state index < -0.39 is 0 Å². The molecule has 0 bridgehead atoms.